The van der Waals surface area contributed by atoms with Gasteiger partial charge in [0.15, 0.2) is 0 Å². The summed E-state index contributed by atoms with van der Waals surface area (Å²) >= 11 is -3.11. The summed E-state index contributed by atoms with van der Waals surface area (Å²) in [4.78, 5) is 0. The third-order valence-corrected chi connectivity index (χ3v) is 34.0. The summed E-state index contributed by atoms with van der Waals surface area (Å²) in [5.41, 5.74) is 0. The minimum absolute atomic E-state index is 0. The van der Waals surface area contributed by atoms with Crippen LogP contribution in [0.1, 0.15) is 12.8 Å². The molecule has 2 nitrogen and oxygen atoms in total. The van der Waals surface area contributed by atoms with E-state index in [1.165, 1.54) is 24.9 Å². The molecule has 0 saturated carbocycles. The molecule has 36 heavy (non-hydrogen) atoms. The summed E-state index contributed by atoms with van der Waals surface area (Å²) in [5.74, 6) is 0. The second-order valence-corrected chi connectivity index (χ2v) is 62.6. The zero-order chi connectivity index (χ0) is 26.2. The molecule has 2 aliphatic carbocycles. The van der Waals surface area contributed by atoms with Gasteiger partial charge in [-0.3, -0.25) is 0 Å². The molecule has 0 unspecified atom stereocenters. The molecule has 10 heteroatoms. The maximum Gasteiger partial charge on any atom is -0.147 e. The second kappa shape index (κ2) is 12.9. The van der Waals surface area contributed by atoms with Gasteiger partial charge < -0.3 is 0 Å². The maximum absolute atomic E-state index is 6.23. The summed E-state index contributed by atoms with van der Waals surface area (Å²) in [5, 5.41) is 3.37. The average Bonchev–Trinajstić information content (AvgIpc) is 3.30. The molecule has 0 heterocycles. The molecule has 0 aromatic rings. The van der Waals surface area contributed by atoms with Crippen molar-refractivity contribution in [1.82, 2.24) is 0 Å². The second-order valence-electron chi connectivity index (χ2n) is 14.9. The van der Waals surface area contributed by atoms with Gasteiger partial charge >= 0.3 is 220 Å². The quantitative estimate of drug-likeness (QED) is 0.189. The average molecular weight is 703 g/mol. The van der Waals surface area contributed by atoms with E-state index in [-0.39, 0.29) is 24.8 Å². The molecular weight excluding hydrogens is 647 g/mol. The fourth-order valence-electron chi connectivity index (χ4n) is 4.83. The Morgan fingerprint density at radius 3 is 1.25 bits per heavy atom. The van der Waals surface area contributed by atoms with Crippen LogP contribution in [-0.2, 0) is 26.3 Å². The number of hydrogen-bond acceptors (Lipinski definition) is 2. The number of halogens is 2. The Bertz CT molecular complexity index is 905. The van der Waals surface area contributed by atoms with E-state index in [2.05, 4.69) is 106 Å². The number of allylic oxidation sites excluding steroid dienone is 8. The van der Waals surface area contributed by atoms with Crippen LogP contribution < -0.4 is 0 Å². The summed E-state index contributed by atoms with van der Waals surface area (Å²) in [6.45, 7) is 28.3. The predicted molar refractivity (Wildman–Crippen MR) is 180 cm³/mol. The van der Waals surface area contributed by atoms with E-state index in [4.69, 9.17) is 8.85 Å². The molecule has 0 amide bonds. The van der Waals surface area contributed by atoms with Crippen molar-refractivity contribution in [1.29, 1.82) is 0 Å². The molecular formula is C26H56Cl2O2Si5Zr. The first-order chi connectivity index (χ1) is 15.1. The zero-order valence-electron chi connectivity index (χ0n) is 25.4. The number of rotatable bonds is 12. The minimum atomic E-state index is -3.11. The van der Waals surface area contributed by atoms with E-state index in [1.807, 2.05) is 6.56 Å². The van der Waals surface area contributed by atoms with E-state index < -0.39 is 50.2 Å². The first-order valence-corrected chi connectivity index (χ1v) is 39.8. The van der Waals surface area contributed by atoms with Crippen molar-refractivity contribution in [3.05, 3.63) is 41.3 Å². The first kappa shape index (κ1) is 37.4. The number of hydrogen-bond donors (Lipinski definition) is 0. The van der Waals surface area contributed by atoms with E-state index in [1.54, 1.807) is 10.4 Å². The molecule has 0 aromatic carbocycles. The smallest absolute Gasteiger partial charge is 0.147 e. The van der Waals surface area contributed by atoms with Gasteiger partial charge in [-0.05, 0) is 0 Å². The largest absolute Gasteiger partial charge is 0.147 e. The van der Waals surface area contributed by atoms with Crippen molar-refractivity contribution in [2.75, 3.05) is 13.2 Å². The van der Waals surface area contributed by atoms with Crippen molar-refractivity contribution < 1.29 is 26.3 Å². The molecule has 0 bridgehead atoms. The SMILES string of the molecule is C[Si](C)(C)OCC[Si](C)(C)C1=CC[C]([Zr]([CH3])([CH3])(=[SiH2])[C]2=CC([Si](C)(C)CCO[Si](C)(C)C)=CC2)=C1.Cl.Cl. The van der Waals surface area contributed by atoms with Crippen LogP contribution in [0.15, 0.2) is 41.3 Å². The molecule has 0 radical (unpaired) electrons. The standard InChI is InChI=1S/2C12H23OSi2.2CH3.2ClH.H2Si.Zr/c2*1-14(2,3)13-10-11-15(4,5)12-8-6-7-9-12;;;;;;/h2*8-9H,6,10-11H2,1-5H3;2*1H3;2*1H;1H2;. The Hall–Kier alpha value is 1.43. The maximum atomic E-state index is 6.23. The Labute approximate surface area is 242 Å². The molecule has 0 spiro atoms. The molecule has 0 aliphatic heterocycles. The van der Waals surface area contributed by atoms with Gasteiger partial charge in [0.05, 0.1) is 0 Å². The third-order valence-electron chi connectivity index (χ3n) is 7.89. The van der Waals surface area contributed by atoms with Crippen molar-refractivity contribution in [3.8, 4) is 0 Å². The van der Waals surface area contributed by atoms with Crippen molar-refractivity contribution in [3.63, 3.8) is 0 Å². The minimum Gasteiger partial charge on any atom is -0.147 e. The van der Waals surface area contributed by atoms with Crippen LogP contribution in [0.25, 0.3) is 0 Å². The van der Waals surface area contributed by atoms with Gasteiger partial charge in [-0.25, -0.2) is 0 Å². The van der Waals surface area contributed by atoms with Gasteiger partial charge in [-0.15, -0.1) is 24.8 Å². The summed E-state index contributed by atoms with van der Waals surface area (Å²) in [6, 6.07) is 2.48. The van der Waals surface area contributed by atoms with Crippen LogP contribution in [0.4, 0.5) is 0 Å². The van der Waals surface area contributed by atoms with Crippen LogP contribution in [0.5, 0.6) is 0 Å². The first-order valence-electron chi connectivity index (χ1n) is 13.3. The molecule has 0 fully saturated rings. The molecule has 0 saturated heterocycles. The molecule has 0 aromatic heterocycles. The zero-order valence-corrected chi connectivity index (χ0v) is 34.9. The van der Waals surface area contributed by atoms with Gasteiger partial charge in [-0.1, -0.05) is 0 Å². The van der Waals surface area contributed by atoms with Gasteiger partial charge in [-0.2, -0.15) is 0 Å². The van der Waals surface area contributed by atoms with Crippen LogP contribution in [0, 0.1) is 0 Å². The topological polar surface area (TPSA) is 18.5 Å². The van der Waals surface area contributed by atoms with Crippen LogP contribution in [0.2, 0.25) is 86.8 Å². The molecule has 0 atom stereocenters. The van der Waals surface area contributed by atoms with E-state index >= 15 is 0 Å². The van der Waals surface area contributed by atoms with E-state index in [0.717, 1.165) is 13.2 Å². The van der Waals surface area contributed by atoms with Gasteiger partial charge in [0.25, 0.3) is 0 Å². The summed E-state index contributed by atoms with van der Waals surface area (Å²) in [6.07, 6.45) is 13.0. The fourth-order valence-corrected chi connectivity index (χ4v) is 22.3. The summed E-state index contributed by atoms with van der Waals surface area (Å²) < 4.78 is 21.5. The fraction of sp³-hybridized carbons (Fsp3) is 0.692. The predicted octanol–water partition coefficient (Wildman–Crippen LogP) is 8.79. The van der Waals surface area contributed by atoms with Gasteiger partial charge in [0.2, 0.25) is 0 Å². The van der Waals surface area contributed by atoms with Crippen molar-refractivity contribution >= 4 is 64.5 Å². The van der Waals surface area contributed by atoms with Crippen LogP contribution in [0.3, 0.4) is 0 Å². The third kappa shape index (κ3) is 10.4. The van der Waals surface area contributed by atoms with E-state index in [0.29, 0.717) is 0 Å². The monoisotopic (exact) mass is 700 g/mol. The van der Waals surface area contributed by atoms with Gasteiger partial charge in [0.1, 0.15) is 0 Å². The van der Waals surface area contributed by atoms with Gasteiger partial charge in [0, 0.05) is 0 Å². The van der Waals surface area contributed by atoms with Crippen molar-refractivity contribution in [2.45, 2.75) is 99.7 Å². The van der Waals surface area contributed by atoms with Crippen LogP contribution >= 0.6 is 24.8 Å². The normalized spacial score (nSPS) is 17.6. The molecule has 2 rings (SSSR count). The van der Waals surface area contributed by atoms with Crippen LogP contribution in [-0.4, -0.2) is 52.9 Å². The molecule has 210 valence electrons. The summed E-state index contributed by atoms with van der Waals surface area (Å²) in [7, 11) is -5.76. The van der Waals surface area contributed by atoms with Crippen molar-refractivity contribution in [2.24, 2.45) is 0 Å². The Kier molecular flexibility index (Phi) is 13.5. The Morgan fingerprint density at radius 1 is 0.667 bits per heavy atom. The molecule has 0 N–H and O–H groups in total. The molecule has 2 aliphatic rings. The Balaban J connectivity index is 0.00000612. The Morgan fingerprint density at radius 2 is 0.972 bits per heavy atom. The van der Waals surface area contributed by atoms with E-state index in [9.17, 15) is 0 Å².